The predicted octanol–water partition coefficient (Wildman–Crippen LogP) is 2.29. The van der Waals surface area contributed by atoms with Crippen LogP contribution in [-0.2, 0) is 0 Å². The van der Waals surface area contributed by atoms with E-state index in [9.17, 15) is 22.4 Å². The van der Waals surface area contributed by atoms with Gasteiger partial charge in [0.2, 0.25) is 5.95 Å². The maximum absolute atomic E-state index is 13.0. The molecule has 94 valence electrons. The van der Waals surface area contributed by atoms with Crippen LogP contribution in [0.15, 0.2) is 18.3 Å². The van der Waals surface area contributed by atoms with Crippen LogP contribution in [0.5, 0.6) is 0 Å². The van der Waals surface area contributed by atoms with E-state index in [0.717, 1.165) is 12.3 Å². The topological polar surface area (TPSA) is 42.0 Å². The van der Waals surface area contributed by atoms with Gasteiger partial charge in [-0.15, -0.1) is 0 Å². The number of aromatic nitrogens is 1. The van der Waals surface area contributed by atoms with E-state index in [4.69, 9.17) is 0 Å². The number of nitrogens with one attached hydrogen (secondary N) is 1. The fraction of sp³-hybridized carbons (Fsp3) is 0.400. The molecule has 1 heterocycles. The lowest BCUT2D eigenvalue weighted by Gasteiger charge is -2.15. The molecule has 1 aromatic rings. The third-order valence-corrected chi connectivity index (χ3v) is 1.92. The number of amides is 1. The molecule has 1 atom stereocenters. The summed E-state index contributed by atoms with van der Waals surface area (Å²) in [6.45, 7) is 1.19. The van der Waals surface area contributed by atoms with Crippen molar-refractivity contribution < 1.29 is 22.4 Å². The summed E-state index contributed by atoms with van der Waals surface area (Å²) in [5, 5.41) is 2.05. The average molecular weight is 250 g/mol. The quantitative estimate of drug-likeness (QED) is 0.660. The SMILES string of the molecule is CC(CC(F)(F)F)NC(=O)c1cccnc1F. The lowest BCUT2D eigenvalue weighted by atomic mass is 10.2. The van der Waals surface area contributed by atoms with E-state index in [1.54, 1.807) is 0 Å². The van der Waals surface area contributed by atoms with Crippen LogP contribution >= 0.6 is 0 Å². The Bertz CT molecular complexity index is 406. The molecule has 0 fully saturated rings. The summed E-state index contributed by atoms with van der Waals surface area (Å²) >= 11 is 0. The smallest absolute Gasteiger partial charge is 0.349 e. The Morgan fingerprint density at radius 3 is 2.71 bits per heavy atom. The van der Waals surface area contributed by atoms with E-state index in [1.165, 1.54) is 13.0 Å². The van der Waals surface area contributed by atoms with Gasteiger partial charge in [0.25, 0.3) is 5.91 Å². The van der Waals surface area contributed by atoms with Gasteiger partial charge in [-0.2, -0.15) is 17.6 Å². The Morgan fingerprint density at radius 2 is 2.18 bits per heavy atom. The summed E-state index contributed by atoms with van der Waals surface area (Å²) in [6.07, 6.45) is -4.40. The molecule has 1 N–H and O–H groups in total. The molecule has 1 unspecified atom stereocenters. The number of nitrogens with zero attached hydrogens (tertiary/aromatic N) is 1. The van der Waals surface area contributed by atoms with E-state index in [-0.39, 0.29) is 5.56 Å². The van der Waals surface area contributed by atoms with Crippen LogP contribution in [0.1, 0.15) is 23.7 Å². The monoisotopic (exact) mass is 250 g/mol. The van der Waals surface area contributed by atoms with Crippen LogP contribution in [0.3, 0.4) is 0 Å². The molecule has 1 amide bonds. The second kappa shape index (κ2) is 5.11. The molecule has 7 heteroatoms. The van der Waals surface area contributed by atoms with Crippen LogP contribution in [0.4, 0.5) is 17.6 Å². The van der Waals surface area contributed by atoms with Crippen molar-refractivity contribution in [1.82, 2.24) is 10.3 Å². The average Bonchev–Trinajstić information content (AvgIpc) is 2.14. The van der Waals surface area contributed by atoms with E-state index < -0.39 is 30.5 Å². The van der Waals surface area contributed by atoms with Crippen molar-refractivity contribution in [3.63, 3.8) is 0 Å². The number of carbonyl (C=O) groups excluding carboxylic acids is 1. The van der Waals surface area contributed by atoms with Gasteiger partial charge in [-0.25, -0.2) is 4.98 Å². The molecule has 0 radical (unpaired) electrons. The number of hydrogen-bond donors (Lipinski definition) is 1. The normalized spacial score (nSPS) is 13.2. The molecule has 0 saturated heterocycles. The molecule has 0 aliphatic rings. The maximum atomic E-state index is 13.0. The largest absolute Gasteiger partial charge is 0.391 e. The summed E-state index contributed by atoms with van der Waals surface area (Å²) < 4.78 is 49.0. The van der Waals surface area contributed by atoms with Gasteiger partial charge in [0.05, 0.1) is 12.0 Å². The zero-order valence-corrected chi connectivity index (χ0v) is 8.88. The summed E-state index contributed by atoms with van der Waals surface area (Å²) in [7, 11) is 0. The van der Waals surface area contributed by atoms with Crippen LogP contribution in [0.25, 0.3) is 0 Å². The van der Waals surface area contributed by atoms with Gasteiger partial charge in [0.15, 0.2) is 0 Å². The zero-order chi connectivity index (χ0) is 13.1. The Hall–Kier alpha value is -1.66. The highest BCUT2D eigenvalue weighted by Gasteiger charge is 2.30. The highest BCUT2D eigenvalue weighted by Crippen LogP contribution is 2.21. The molecule has 3 nitrogen and oxygen atoms in total. The first-order valence-corrected chi connectivity index (χ1v) is 4.78. The van der Waals surface area contributed by atoms with Gasteiger partial charge >= 0.3 is 6.18 Å². The zero-order valence-electron chi connectivity index (χ0n) is 8.88. The van der Waals surface area contributed by atoms with E-state index in [1.807, 2.05) is 0 Å². The van der Waals surface area contributed by atoms with Crippen LogP contribution in [-0.4, -0.2) is 23.1 Å². The Morgan fingerprint density at radius 1 is 1.53 bits per heavy atom. The van der Waals surface area contributed by atoms with Crippen molar-refractivity contribution in [2.24, 2.45) is 0 Å². The molecule has 0 saturated carbocycles. The van der Waals surface area contributed by atoms with Gasteiger partial charge in [-0.1, -0.05) is 0 Å². The van der Waals surface area contributed by atoms with Gasteiger partial charge in [-0.05, 0) is 19.1 Å². The number of halogens is 4. The molecule has 17 heavy (non-hydrogen) atoms. The Labute approximate surface area is 94.8 Å². The summed E-state index contributed by atoms with van der Waals surface area (Å²) in [5.41, 5.74) is -0.374. The van der Waals surface area contributed by atoms with E-state index >= 15 is 0 Å². The Balaban J connectivity index is 2.64. The second-order valence-corrected chi connectivity index (χ2v) is 3.54. The lowest BCUT2D eigenvalue weighted by Crippen LogP contribution is -2.36. The number of hydrogen-bond acceptors (Lipinski definition) is 2. The highest BCUT2D eigenvalue weighted by atomic mass is 19.4. The number of alkyl halides is 3. The summed E-state index contributed by atoms with van der Waals surface area (Å²) in [4.78, 5) is 14.6. The Kier molecular flexibility index (Phi) is 4.03. The molecular weight excluding hydrogens is 240 g/mol. The minimum Gasteiger partial charge on any atom is -0.349 e. The molecule has 0 aliphatic carbocycles. The van der Waals surface area contributed by atoms with E-state index in [0.29, 0.717) is 0 Å². The minimum absolute atomic E-state index is 0.374. The fourth-order valence-electron chi connectivity index (χ4n) is 1.26. The first-order valence-electron chi connectivity index (χ1n) is 4.78. The van der Waals surface area contributed by atoms with Crippen LogP contribution in [0.2, 0.25) is 0 Å². The third kappa shape index (κ3) is 4.38. The van der Waals surface area contributed by atoms with E-state index in [2.05, 4.69) is 10.3 Å². The molecule has 1 aromatic heterocycles. The maximum Gasteiger partial charge on any atom is 0.391 e. The van der Waals surface area contributed by atoms with Crippen LogP contribution < -0.4 is 5.32 Å². The van der Waals surface area contributed by atoms with Crippen molar-refractivity contribution in [3.05, 3.63) is 29.8 Å². The van der Waals surface area contributed by atoms with Crippen molar-refractivity contribution >= 4 is 5.91 Å². The first kappa shape index (κ1) is 13.4. The molecule has 1 rings (SSSR count). The van der Waals surface area contributed by atoms with Crippen molar-refractivity contribution in [3.8, 4) is 0 Å². The van der Waals surface area contributed by atoms with Crippen LogP contribution in [0, 0.1) is 5.95 Å². The summed E-state index contributed by atoms with van der Waals surface area (Å²) in [5.74, 6) is -1.92. The third-order valence-electron chi connectivity index (χ3n) is 1.92. The van der Waals surface area contributed by atoms with Gasteiger partial charge in [-0.3, -0.25) is 4.79 Å². The summed E-state index contributed by atoms with van der Waals surface area (Å²) in [6, 6.07) is 1.35. The lowest BCUT2D eigenvalue weighted by molar-refractivity contribution is -0.138. The van der Waals surface area contributed by atoms with Gasteiger partial charge < -0.3 is 5.32 Å². The fourth-order valence-corrected chi connectivity index (χ4v) is 1.26. The highest BCUT2D eigenvalue weighted by molar-refractivity contribution is 5.94. The van der Waals surface area contributed by atoms with Crippen molar-refractivity contribution in [1.29, 1.82) is 0 Å². The minimum atomic E-state index is -4.37. The molecule has 0 spiro atoms. The van der Waals surface area contributed by atoms with Crippen molar-refractivity contribution in [2.45, 2.75) is 25.6 Å². The predicted molar refractivity (Wildman–Crippen MR) is 51.8 cm³/mol. The van der Waals surface area contributed by atoms with Gasteiger partial charge in [0.1, 0.15) is 0 Å². The number of rotatable bonds is 3. The molecule has 0 bridgehead atoms. The first-order chi connectivity index (χ1) is 7.79. The standard InChI is InChI=1S/C10H10F4N2O/c1-6(5-10(12,13)14)16-9(17)7-3-2-4-15-8(7)11/h2-4,6H,5H2,1H3,(H,16,17). The van der Waals surface area contributed by atoms with Crippen molar-refractivity contribution in [2.75, 3.05) is 0 Å². The molecular formula is C10H10F4N2O. The number of carbonyl (C=O) groups is 1. The molecule has 0 aliphatic heterocycles. The molecule has 0 aromatic carbocycles. The number of pyridine rings is 1. The second-order valence-electron chi connectivity index (χ2n) is 3.54. The van der Waals surface area contributed by atoms with Gasteiger partial charge in [0, 0.05) is 12.2 Å².